The summed E-state index contributed by atoms with van der Waals surface area (Å²) < 4.78 is 5.39. The first-order valence-corrected chi connectivity index (χ1v) is 6.85. The third-order valence-electron chi connectivity index (χ3n) is 2.78. The van der Waals surface area contributed by atoms with Crippen molar-refractivity contribution in [3.8, 4) is 11.5 Å². The van der Waals surface area contributed by atoms with Gasteiger partial charge in [-0.2, -0.15) is 11.3 Å². The first kappa shape index (κ1) is 12.8. The van der Waals surface area contributed by atoms with Gasteiger partial charge in [0.25, 0.3) is 5.89 Å². The average Bonchev–Trinajstić information content (AvgIpc) is 3.00. The summed E-state index contributed by atoms with van der Waals surface area (Å²) in [7, 11) is 0. The molecule has 0 bridgehead atoms. The zero-order valence-corrected chi connectivity index (χ0v) is 11.2. The minimum Gasteiger partial charge on any atom is -0.403 e. The summed E-state index contributed by atoms with van der Waals surface area (Å²) in [6.07, 6.45) is 1.60. The van der Waals surface area contributed by atoms with E-state index in [-0.39, 0.29) is 17.8 Å². The molecule has 96 valence electrons. The Kier molecular flexibility index (Phi) is 4.09. The van der Waals surface area contributed by atoms with Crippen molar-refractivity contribution in [2.75, 3.05) is 5.32 Å². The fourth-order valence-electron chi connectivity index (χ4n) is 1.64. The van der Waals surface area contributed by atoms with Crippen molar-refractivity contribution >= 4 is 23.3 Å². The number of nitrogens with one attached hydrogen (secondary N) is 1. The van der Waals surface area contributed by atoms with Crippen LogP contribution in [0.3, 0.4) is 0 Å². The van der Waals surface area contributed by atoms with Crippen molar-refractivity contribution in [2.45, 2.75) is 26.7 Å². The number of aromatic nitrogens is 2. The summed E-state index contributed by atoms with van der Waals surface area (Å²) in [5, 5.41) is 14.2. The van der Waals surface area contributed by atoms with E-state index in [1.165, 1.54) is 0 Å². The highest BCUT2D eigenvalue weighted by Gasteiger charge is 2.17. The zero-order valence-electron chi connectivity index (χ0n) is 10.3. The first-order valence-electron chi connectivity index (χ1n) is 5.91. The molecule has 6 heteroatoms. The predicted octanol–water partition coefficient (Wildman–Crippen LogP) is 3.17. The average molecular weight is 265 g/mol. The molecule has 2 aromatic rings. The van der Waals surface area contributed by atoms with Crippen LogP contribution >= 0.6 is 11.3 Å². The van der Waals surface area contributed by atoms with E-state index in [1.807, 2.05) is 30.7 Å². The van der Waals surface area contributed by atoms with Crippen LogP contribution in [0.4, 0.5) is 6.01 Å². The van der Waals surface area contributed by atoms with Crippen LogP contribution < -0.4 is 5.32 Å². The molecule has 0 radical (unpaired) electrons. The Morgan fingerprint density at radius 3 is 2.83 bits per heavy atom. The fraction of sp³-hybridized carbons (Fsp3) is 0.417. The Morgan fingerprint density at radius 1 is 1.44 bits per heavy atom. The molecule has 0 saturated heterocycles. The molecule has 0 saturated carbocycles. The van der Waals surface area contributed by atoms with Gasteiger partial charge in [0.2, 0.25) is 5.91 Å². The lowest BCUT2D eigenvalue weighted by Gasteiger charge is -2.09. The normalized spacial score (nSPS) is 10.8. The molecule has 1 N–H and O–H groups in total. The quantitative estimate of drug-likeness (QED) is 0.901. The van der Waals surface area contributed by atoms with Gasteiger partial charge >= 0.3 is 6.01 Å². The van der Waals surface area contributed by atoms with E-state index in [0.717, 1.165) is 18.4 Å². The van der Waals surface area contributed by atoms with E-state index in [1.54, 1.807) is 11.3 Å². The van der Waals surface area contributed by atoms with Gasteiger partial charge in [0.1, 0.15) is 0 Å². The molecule has 0 aliphatic heterocycles. The molecule has 0 spiro atoms. The van der Waals surface area contributed by atoms with Crippen LogP contribution in [0, 0.1) is 5.92 Å². The second-order valence-corrected chi connectivity index (χ2v) is 4.71. The predicted molar refractivity (Wildman–Crippen MR) is 70.3 cm³/mol. The molecular formula is C12H15N3O2S. The standard InChI is InChI=1S/C12H15N3O2S/c1-3-8(4-2)10(16)13-12-15-14-11(17-12)9-5-6-18-7-9/h5-8H,3-4H2,1-2H3,(H,13,15,16). The lowest BCUT2D eigenvalue weighted by Crippen LogP contribution is -2.21. The third kappa shape index (κ3) is 2.76. The van der Waals surface area contributed by atoms with Crippen LogP contribution in [0.25, 0.3) is 11.5 Å². The van der Waals surface area contributed by atoms with Crippen molar-refractivity contribution in [3.63, 3.8) is 0 Å². The first-order chi connectivity index (χ1) is 8.74. The highest BCUT2D eigenvalue weighted by atomic mass is 32.1. The molecular weight excluding hydrogens is 250 g/mol. The van der Waals surface area contributed by atoms with Gasteiger partial charge in [-0.1, -0.05) is 18.9 Å². The topological polar surface area (TPSA) is 68.0 Å². The van der Waals surface area contributed by atoms with Gasteiger partial charge in [0.05, 0.1) is 0 Å². The Labute approximate surface area is 109 Å². The third-order valence-corrected chi connectivity index (χ3v) is 3.46. The monoisotopic (exact) mass is 265 g/mol. The number of carbonyl (C=O) groups excluding carboxylic acids is 1. The molecule has 0 unspecified atom stereocenters. The molecule has 2 aromatic heterocycles. The summed E-state index contributed by atoms with van der Waals surface area (Å²) in [6.45, 7) is 3.97. The molecule has 0 fully saturated rings. The minimum atomic E-state index is -0.0690. The molecule has 0 aliphatic carbocycles. The van der Waals surface area contributed by atoms with Crippen LogP contribution in [0.2, 0.25) is 0 Å². The maximum absolute atomic E-state index is 11.8. The summed E-state index contributed by atoms with van der Waals surface area (Å²) in [5.74, 6) is 0.345. The largest absolute Gasteiger partial charge is 0.403 e. The van der Waals surface area contributed by atoms with Crippen LogP contribution in [-0.2, 0) is 4.79 Å². The number of nitrogens with zero attached hydrogens (tertiary/aromatic N) is 2. The Morgan fingerprint density at radius 2 is 2.22 bits per heavy atom. The number of thiophene rings is 1. The lowest BCUT2D eigenvalue weighted by molar-refractivity contribution is -0.120. The van der Waals surface area contributed by atoms with Crippen LogP contribution in [0.5, 0.6) is 0 Å². The highest BCUT2D eigenvalue weighted by Crippen LogP contribution is 2.22. The Bertz CT molecular complexity index is 503. The van der Waals surface area contributed by atoms with Crippen molar-refractivity contribution in [3.05, 3.63) is 16.8 Å². The van der Waals surface area contributed by atoms with Crippen LogP contribution in [0.15, 0.2) is 21.2 Å². The van der Waals surface area contributed by atoms with Gasteiger partial charge < -0.3 is 4.42 Å². The van der Waals surface area contributed by atoms with Crippen molar-refractivity contribution in [2.24, 2.45) is 5.92 Å². The van der Waals surface area contributed by atoms with Gasteiger partial charge in [-0.15, -0.1) is 5.10 Å². The number of anilines is 1. The SMILES string of the molecule is CCC(CC)C(=O)Nc1nnc(-c2ccsc2)o1. The van der Waals surface area contributed by atoms with E-state index in [9.17, 15) is 4.79 Å². The fourth-order valence-corrected chi connectivity index (χ4v) is 2.27. The van der Waals surface area contributed by atoms with E-state index < -0.39 is 0 Å². The van der Waals surface area contributed by atoms with Crippen molar-refractivity contribution in [1.82, 2.24) is 10.2 Å². The van der Waals surface area contributed by atoms with Gasteiger partial charge in [0.15, 0.2) is 0 Å². The van der Waals surface area contributed by atoms with Gasteiger partial charge in [-0.25, -0.2) is 0 Å². The Hall–Kier alpha value is -1.69. The molecule has 2 heterocycles. The maximum atomic E-state index is 11.8. The summed E-state index contributed by atoms with van der Waals surface area (Å²) in [4.78, 5) is 11.8. The zero-order chi connectivity index (χ0) is 13.0. The Balaban J connectivity index is 2.05. The molecule has 0 aromatic carbocycles. The summed E-state index contributed by atoms with van der Waals surface area (Å²) in [5.41, 5.74) is 0.871. The molecule has 5 nitrogen and oxygen atoms in total. The molecule has 0 atom stereocenters. The summed E-state index contributed by atoms with van der Waals surface area (Å²) in [6, 6.07) is 2.05. The number of amides is 1. The number of carbonyl (C=O) groups is 1. The molecule has 1 amide bonds. The number of hydrogen-bond donors (Lipinski definition) is 1. The molecule has 18 heavy (non-hydrogen) atoms. The second kappa shape index (κ2) is 5.77. The van der Waals surface area contributed by atoms with Crippen LogP contribution in [0.1, 0.15) is 26.7 Å². The number of rotatable bonds is 5. The number of hydrogen-bond acceptors (Lipinski definition) is 5. The lowest BCUT2D eigenvalue weighted by atomic mass is 10.0. The minimum absolute atomic E-state index is 0.0125. The molecule has 0 aliphatic rings. The van der Waals surface area contributed by atoms with E-state index in [0.29, 0.717) is 5.89 Å². The van der Waals surface area contributed by atoms with Crippen molar-refractivity contribution in [1.29, 1.82) is 0 Å². The van der Waals surface area contributed by atoms with E-state index >= 15 is 0 Å². The van der Waals surface area contributed by atoms with Crippen LogP contribution in [-0.4, -0.2) is 16.1 Å². The summed E-state index contributed by atoms with van der Waals surface area (Å²) >= 11 is 1.55. The van der Waals surface area contributed by atoms with Crippen molar-refractivity contribution < 1.29 is 9.21 Å². The van der Waals surface area contributed by atoms with Gasteiger partial charge in [0, 0.05) is 16.9 Å². The van der Waals surface area contributed by atoms with Gasteiger partial charge in [-0.05, 0) is 24.3 Å². The highest BCUT2D eigenvalue weighted by molar-refractivity contribution is 7.08. The van der Waals surface area contributed by atoms with E-state index in [4.69, 9.17) is 4.42 Å². The molecule has 2 rings (SSSR count). The smallest absolute Gasteiger partial charge is 0.322 e. The van der Waals surface area contributed by atoms with E-state index in [2.05, 4.69) is 15.5 Å². The maximum Gasteiger partial charge on any atom is 0.322 e. The van der Waals surface area contributed by atoms with Gasteiger partial charge in [-0.3, -0.25) is 10.1 Å². The second-order valence-electron chi connectivity index (χ2n) is 3.93.